The maximum Gasteiger partial charge on any atom is 0.143 e. The molecule has 0 saturated carbocycles. The maximum atomic E-state index is 6.98. The molecule has 324 valence electrons. The lowest BCUT2D eigenvalue weighted by atomic mass is 9.93. The van der Waals surface area contributed by atoms with E-state index in [2.05, 4.69) is 228 Å². The SMILES string of the molecule is c1ccc(N(c2ccccc2)c2ccc3c(c2)-c2cccc4cc(N(c5ccc(-c6cccc7c6oc6ccccc67)cc5)c5ccc(-c6cccc7c6oc6ccccc67)cc5)cc(c24)O3)cc1. The fourth-order valence-corrected chi connectivity index (χ4v) is 10.5. The van der Waals surface area contributed by atoms with Crippen molar-refractivity contribution < 1.29 is 13.6 Å². The first kappa shape index (κ1) is 38.9. The standard InChI is InChI=1S/C64H40N2O3/c1-3-15-44(16-4-1)65(45-17-5-2-6-18-45)48-36-37-60-57(39-48)54-23-11-14-43-38-49(40-61(67-60)62(43)54)66(46-32-28-41(29-33-46)50-21-12-24-55-52-19-7-9-26-58(52)68-63(50)55)47-34-30-42(31-35-47)51-22-13-25-56-53-20-8-10-27-59(53)69-64(51)56/h1-40H. The Balaban J connectivity index is 0.894. The molecule has 0 spiro atoms. The molecule has 11 aromatic carbocycles. The van der Waals surface area contributed by atoms with Gasteiger partial charge < -0.3 is 23.4 Å². The topological polar surface area (TPSA) is 42.0 Å². The molecule has 0 radical (unpaired) electrons. The van der Waals surface area contributed by atoms with E-state index in [1.54, 1.807) is 0 Å². The van der Waals surface area contributed by atoms with E-state index in [1.807, 2.05) is 24.3 Å². The zero-order valence-corrected chi connectivity index (χ0v) is 37.2. The number of para-hydroxylation sites is 6. The summed E-state index contributed by atoms with van der Waals surface area (Å²) in [5.74, 6) is 1.63. The molecule has 0 saturated heterocycles. The van der Waals surface area contributed by atoms with E-state index in [0.717, 1.165) is 134 Å². The van der Waals surface area contributed by atoms with Crippen molar-refractivity contribution in [1.82, 2.24) is 0 Å². The van der Waals surface area contributed by atoms with Crippen LogP contribution in [0.4, 0.5) is 34.1 Å². The number of anilines is 6. The first-order chi connectivity index (χ1) is 34.2. The molecular formula is C64H40N2O3. The minimum absolute atomic E-state index is 0.813. The molecule has 0 aliphatic carbocycles. The van der Waals surface area contributed by atoms with E-state index in [9.17, 15) is 0 Å². The molecular weight excluding hydrogens is 845 g/mol. The maximum absolute atomic E-state index is 6.98. The van der Waals surface area contributed by atoms with Crippen molar-refractivity contribution in [3.63, 3.8) is 0 Å². The Hall–Kier alpha value is -9.32. The fraction of sp³-hybridized carbons (Fsp3) is 0. The Morgan fingerprint density at radius 1 is 0.275 bits per heavy atom. The van der Waals surface area contributed by atoms with Crippen LogP contribution in [0.3, 0.4) is 0 Å². The first-order valence-electron chi connectivity index (χ1n) is 23.3. The second-order valence-corrected chi connectivity index (χ2v) is 17.6. The largest absolute Gasteiger partial charge is 0.456 e. The minimum Gasteiger partial charge on any atom is -0.456 e. The number of fused-ring (bicyclic) bond motifs is 8. The van der Waals surface area contributed by atoms with Gasteiger partial charge in [0.1, 0.15) is 33.8 Å². The molecule has 0 bridgehead atoms. The lowest BCUT2D eigenvalue weighted by molar-refractivity contribution is 0.487. The zero-order chi connectivity index (χ0) is 45.4. The molecule has 0 atom stereocenters. The first-order valence-corrected chi connectivity index (χ1v) is 23.3. The molecule has 69 heavy (non-hydrogen) atoms. The molecule has 0 unspecified atom stereocenters. The van der Waals surface area contributed by atoms with Crippen LogP contribution in [0.25, 0.3) is 88.0 Å². The summed E-state index contributed by atoms with van der Waals surface area (Å²) in [6.45, 7) is 0. The van der Waals surface area contributed by atoms with Crippen LogP contribution in [0.15, 0.2) is 251 Å². The summed E-state index contributed by atoms with van der Waals surface area (Å²) in [7, 11) is 0. The van der Waals surface area contributed by atoms with E-state index in [1.165, 1.54) is 0 Å². The van der Waals surface area contributed by atoms with Crippen molar-refractivity contribution >= 4 is 88.8 Å². The molecule has 1 aliphatic rings. The monoisotopic (exact) mass is 884 g/mol. The van der Waals surface area contributed by atoms with E-state index >= 15 is 0 Å². The Bertz CT molecular complexity index is 3900. The fourth-order valence-electron chi connectivity index (χ4n) is 10.5. The molecule has 0 amide bonds. The van der Waals surface area contributed by atoms with E-state index < -0.39 is 0 Å². The molecule has 5 heteroatoms. The van der Waals surface area contributed by atoms with Gasteiger partial charge in [0.25, 0.3) is 0 Å². The summed E-state index contributed by atoms with van der Waals surface area (Å²) >= 11 is 0. The molecule has 14 rings (SSSR count). The van der Waals surface area contributed by atoms with E-state index in [0.29, 0.717) is 0 Å². The van der Waals surface area contributed by atoms with Gasteiger partial charge in [-0.15, -0.1) is 0 Å². The van der Waals surface area contributed by atoms with Gasteiger partial charge >= 0.3 is 0 Å². The van der Waals surface area contributed by atoms with Crippen LogP contribution in [0.2, 0.25) is 0 Å². The quantitative estimate of drug-likeness (QED) is 0.152. The number of ether oxygens (including phenoxy) is 1. The third-order valence-electron chi connectivity index (χ3n) is 13.6. The Morgan fingerprint density at radius 2 is 0.739 bits per heavy atom. The zero-order valence-electron chi connectivity index (χ0n) is 37.2. The van der Waals surface area contributed by atoms with Crippen molar-refractivity contribution in [2.75, 3.05) is 9.80 Å². The summed E-state index contributed by atoms with van der Waals surface area (Å²) in [5, 5.41) is 6.63. The summed E-state index contributed by atoms with van der Waals surface area (Å²) in [5.41, 5.74) is 16.2. The summed E-state index contributed by atoms with van der Waals surface area (Å²) < 4.78 is 19.9. The highest BCUT2D eigenvalue weighted by molar-refractivity contribution is 6.11. The van der Waals surface area contributed by atoms with Gasteiger partial charge in [0.2, 0.25) is 0 Å². The van der Waals surface area contributed by atoms with Crippen LogP contribution < -0.4 is 14.5 Å². The normalized spacial score (nSPS) is 11.9. The highest BCUT2D eigenvalue weighted by atomic mass is 16.5. The molecule has 0 N–H and O–H groups in total. The number of nitrogens with zero attached hydrogens (tertiary/aromatic N) is 2. The predicted octanol–water partition coefficient (Wildman–Crippen LogP) is 18.7. The molecule has 1 aliphatic heterocycles. The average molecular weight is 885 g/mol. The summed E-state index contributed by atoms with van der Waals surface area (Å²) in [4.78, 5) is 4.61. The van der Waals surface area contributed by atoms with Crippen molar-refractivity contribution in [1.29, 1.82) is 0 Å². The van der Waals surface area contributed by atoms with Crippen LogP contribution in [0, 0.1) is 0 Å². The van der Waals surface area contributed by atoms with Crippen LogP contribution in [0.1, 0.15) is 0 Å². The molecule has 3 heterocycles. The van der Waals surface area contributed by atoms with Gasteiger partial charge in [-0.1, -0.05) is 152 Å². The van der Waals surface area contributed by atoms with Gasteiger partial charge in [0, 0.05) is 78.1 Å². The number of benzene rings is 11. The van der Waals surface area contributed by atoms with Crippen LogP contribution in [-0.4, -0.2) is 0 Å². The summed E-state index contributed by atoms with van der Waals surface area (Å²) in [6.07, 6.45) is 0. The molecule has 5 nitrogen and oxygen atoms in total. The Labute approximate surface area is 397 Å². The van der Waals surface area contributed by atoms with Gasteiger partial charge in [-0.3, -0.25) is 0 Å². The van der Waals surface area contributed by atoms with Crippen molar-refractivity contribution in [3.8, 4) is 44.9 Å². The van der Waals surface area contributed by atoms with Crippen LogP contribution >= 0.6 is 0 Å². The number of hydrogen-bond donors (Lipinski definition) is 0. The van der Waals surface area contributed by atoms with Crippen LogP contribution in [-0.2, 0) is 0 Å². The van der Waals surface area contributed by atoms with Crippen molar-refractivity contribution in [2.45, 2.75) is 0 Å². The third-order valence-corrected chi connectivity index (χ3v) is 13.6. The molecule has 0 fully saturated rings. The Morgan fingerprint density at radius 3 is 1.32 bits per heavy atom. The van der Waals surface area contributed by atoms with Gasteiger partial charge in [0.05, 0.1) is 5.69 Å². The Kier molecular flexibility index (Phi) is 8.83. The molecule has 2 aromatic heterocycles. The minimum atomic E-state index is 0.813. The lowest BCUT2D eigenvalue weighted by Crippen LogP contribution is -2.11. The van der Waals surface area contributed by atoms with Crippen molar-refractivity contribution in [2.24, 2.45) is 0 Å². The second-order valence-electron chi connectivity index (χ2n) is 17.6. The third kappa shape index (κ3) is 6.40. The van der Waals surface area contributed by atoms with Gasteiger partial charge in [-0.2, -0.15) is 0 Å². The van der Waals surface area contributed by atoms with Crippen molar-refractivity contribution in [3.05, 3.63) is 243 Å². The molecule has 13 aromatic rings. The lowest BCUT2D eigenvalue weighted by Gasteiger charge is -2.30. The van der Waals surface area contributed by atoms with Gasteiger partial charge in [0.15, 0.2) is 0 Å². The van der Waals surface area contributed by atoms with E-state index in [4.69, 9.17) is 13.6 Å². The predicted molar refractivity (Wildman–Crippen MR) is 284 cm³/mol. The summed E-state index contributed by atoms with van der Waals surface area (Å²) in [6, 6.07) is 85.5. The van der Waals surface area contributed by atoms with E-state index in [-0.39, 0.29) is 0 Å². The van der Waals surface area contributed by atoms with Crippen LogP contribution in [0.5, 0.6) is 11.5 Å². The highest BCUT2D eigenvalue weighted by Gasteiger charge is 2.25. The number of hydrogen-bond acceptors (Lipinski definition) is 5. The van der Waals surface area contributed by atoms with Gasteiger partial charge in [-0.25, -0.2) is 0 Å². The second kappa shape index (κ2) is 15.7. The smallest absolute Gasteiger partial charge is 0.143 e. The number of rotatable bonds is 8. The highest BCUT2D eigenvalue weighted by Crippen LogP contribution is 2.51. The van der Waals surface area contributed by atoms with Gasteiger partial charge in [-0.05, 0) is 107 Å². The number of furan rings is 2. The average Bonchev–Trinajstić information content (AvgIpc) is 3.99.